The summed E-state index contributed by atoms with van der Waals surface area (Å²) in [5.41, 5.74) is 7.83. The molecule has 0 radical (unpaired) electrons. The van der Waals surface area contributed by atoms with Crippen molar-refractivity contribution in [1.82, 2.24) is 0 Å². The number of thioether (sulfide) groups is 1. The van der Waals surface area contributed by atoms with Gasteiger partial charge >= 0.3 is 0 Å². The fourth-order valence-corrected chi connectivity index (χ4v) is 5.66. The minimum absolute atomic E-state index is 0.259. The van der Waals surface area contributed by atoms with Gasteiger partial charge in [0, 0.05) is 10.8 Å². The first-order valence-electron chi connectivity index (χ1n) is 9.69. The van der Waals surface area contributed by atoms with Gasteiger partial charge in [0.15, 0.2) is 0 Å². The molecule has 136 valence electrons. The summed E-state index contributed by atoms with van der Waals surface area (Å²) >= 11 is 1.90. The Morgan fingerprint density at radius 2 is 1.89 bits per heavy atom. The predicted molar refractivity (Wildman–Crippen MR) is 112 cm³/mol. The lowest BCUT2D eigenvalue weighted by Gasteiger charge is -2.24. The number of furan rings is 1. The number of nitrogens with zero attached hydrogens (tertiary/aromatic N) is 1. The molecule has 1 aliphatic carbocycles. The highest BCUT2D eigenvalue weighted by Gasteiger charge is 2.36. The molecular formula is C24H23NOS. The third-order valence-corrected chi connectivity index (χ3v) is 7.27. The molecule has 0 spiro atoms. The third kappa shape index (κ3) is 2.94. The monoisotopic (exact) mass is 373 g/mol. The second-order valence-electron chi connectivity index (χ2n) is 7.61. The van der Waals surface area contributed by atoms with Gasteiger partial charge in [-0.2, -0.15) is 0 Å². The molecule has 27 heavy (non-hydrogen) atoms. The predicted octanol–water partition coefficient (Wildman–Crippen LogP) is 6.82. The molecule has 0 saturated carbocycles. The van der Waals surface area contributed by atoms with Gasteiger partial charge in [0.05, 0.1) is 22.9 Å². The van der Waals surface area contributed by atoms with Gasteiger partial charge in [0.25, 0.3) is 0 Å². The maximum absolute atomic E-state index is 5.89. The van der Waals surface area contributed by atoms with Crippen molar-refractivity contribution in [3.05, 3.63) is 82.8 Å². The van der Waals surface area contributed by atoms with Crippen LogP contribution in [0.25, 0.3) is 0 Å². The lowest BCUT2D eigenvalue weighted by Crippen LogP contribution is -2.20. The third-order valence-electron chi connectivity index (χ3n) is 5.86. The molecule has 2 aromatic carbocycles. The van der Waals surface area contributed by atoms with Gasteiger partial charge in [-0.05, 0) is 85.7 Å². The van der Waals surface area contributed by atoms with Crippen molar-refractivity contribution in [2.45, 2.75) is 43.3 Å². The summed E-state index contributed by atoms with van der Waals surface area (Å²) in [5, 5.41) is 0.259. The van der Waals surface area contributed by atoms with Crippen LogP contribution in [-0.2, 0) is 6.42 Å². The quantitative estimate of drug-likeness (QED) is 0.468. The fraction of sp³-hybridized carbons (Fsp3) is 0.292. The highest BCUT2D eigenvalue weighted by Crippen LogP contribution is 2.50. The second-order valence-corrected chi connectivity index (χ2v) is 8.79. The summed E-state index contributed by atoms with van der Waals surface area (Å²) in [7, 11) is 0. The lowest BCUT2D eigenvalue weighted by atomic mass is 9.88. The van der Waals surface area contributed by atoms with Gasteiger partial charge in [0.1, 0.15) is 5.76 Å². The number of rotatable bonds is 1. The van der Waals surface area contributed by atoms with Crippen molar-refractivity contribution in [3.63, 3.8) is 0 Å². The first-order valence-corrected chi connectivity index (χ1v) is 10.6. The largest absolute Gasteiger partial charge is 0.468 e. The van der Waals surface area contributed by atoms with E-state index in [0.29, 0.717) is 5.92 Å². The highest BCUT2D eigenvalue weighted by molar-refractivity contribution is 7.99. The van der Waals surface area contributed by atoms with Gasteiger partial charge in [-0.15, -0.1) is 11.8 Å². The summed E-state index contributed by atoms with van der Waals surface area (Å²) in [5.74, 6) is 1.42. The van der Waals surface area contributed by atoms with E-state index in [4.69, 9.17) is 9.41 Å². The molecular weight excluding hydrogens is 350 g/mol. The topological polar surface area (TPSA) is 25.5 Å². The van der Waals surface area contributed by atoms with E-state index in [0.717, 1.165) is 24.3 Å². The number of hydrogen-bond donors (Lipinski definition) is 0. The van der Waals surface area contributed by atoms with Crippen LogP contribution in [0.5, 0.6) is 0 Å². The van der Waals surface area contributed by atoms with Gasteiger partial charge in [-0.1, -0.05) is 18.2 Å². The van der Waals surface area contributed by atoms with Crippen LogP contribution in [0, 0.1) is 19.8 Å². The van der Waals surface area contributed by atoms with E-state index >= 15 is 0 Å². The minimum atomic E-state index is 0.259. The molecule has 3 aromatic rings. The zero-order chi connectivity index (χ0) is 18.4. The number of aryl methyl sites for hydroxylation is 3. The van der Waals surface area contributed by atoms with Crippen molar-refractivity contribution < 1.29 is 4.42 Å². The number of benzene rings is 2. The van der Waals surface area contributed by atoms with Crippen LogP contribution in [0.15, 0.2) is 69.1 Å². The average molecular weight is 374 g/mol. The molecule has 0 bridgehead atoms. The normalized spacial score (nSPS) is 21.3. The first kappa shape index (κ1) is 16.9. The zero-order valence-electron chi connectivity index (χ0n) is 15.7. The van der Waals surface area contributed by atoms with E-state index in [-0.39, 0.29) is 5.25 Å². The molecule has 1 aromatic heterocycles. The molecule has 2 aliphatic rings. The summed E-state index contributed by atoms with van der Waals surface area (Å²) in [6.45, 7) is 4.42. The Hall–Kier alpha value is -2.26. The van der Waals surface area contributed by atoms with E-state index in [1.807, 2.05) is 17.8 Å². The van der Waals surface area contributed by atoms with Crippen molar-refractivity contribution in [2.75, 3.05) is 0 Å². The van der Waals surface area contributed by atoms with Crippen LogP contribution >= 0.6 is 11.8 Å². The number of aliphatic imine (C=N–C) groups is 1. The van der Waals surface area contributed by atoms with Crippen LogP contribution in [-0.4, -0.2) is 5.71 Å². The van der Waals surface area contributed by atoms with Crippen LogP contribution in [0.1, 0.15) is 46.1 Å². The Morgan fingerprint density at radius 3 is 2.74 bits per heavy atom. The minimum Gasteiger partial charge on any atom is -0.468 e. The van der Waals surface area contributed by atoms with Crippen LogP contribution in [0.3, 0.4) is 0 Å². The molecule has 5 rings (SSSR count). The molecule has 0 N–H and O–H groups in total. The molecule has 3 heteroatoms. The van der Waals surface area contributed by atoms with Crippen LogP contribution in [0.2, 0.25) is 0 Å². The maximum atomic E-state index is 5.89. The lowest BCUT2D eigenvalue weighted by molar-refractivity contribution is 0.465. The van der Waals surface area contributed by atoms with Crippen molar-refractivity contribution >= 4 is 23.2 Å². The van der Waals surface area contributed by atoms with E-state index < -0.39 is 0 Å². The Morgan fingerprint density at radius 1 is 1.04 bits per heavy atom. The van der Waals surface area contributed by atoms with Crippen LogP contribution in [0.4, 0.5) is 5.69 Å². The van der Waals surface area contributed by atoms with Gasteiger partial charge in [0.2, 0.25) is 0 Å². The molecule has 2 nitrogen and oxygen atoms in total. The average Bonchev–Trinajstić information content (AvgIpc) is 3.08. The van der Waals surface area contributed by atoms with E-state index in [2.05, 4.69) is 56.3 Å². The Bertz CT molecular complexity index is 1020. The van der Waals surface area contributed by atoms with E-state index in [1.165, 1.54) is 39.3 Å². The Labute approximate surface area is 164 Å². The zero-order valence-corrected chi connectivity index (χ0v) is 16.6. The number of hydrogen-bond acceptors (Lipinski definition) is 3. The highest BCUT2D eigenvalue weighted by atomic mass is 32.2. The fourth-order valence-electron chi connectivity index (χ4n) is 4.32. The molecule has 0 fully saturated rings. The molecule has 0 amide bonds. The van der Waals surface area contributed by atoms with E-state index in [1.54, 1.807) is 6.26 Å². The molecule has 2 atom stereocenters. The molecule has 0 saturated heterocycles. The smallest absolute Gasteiger partial charge is 0.117 e. The second kappa shape index (κ2) is 6.72. The molecule has 1 aliphatic heterocycles. The van der Waals surface area contributed by atoms with E-state index in [9.17, 15) is 0 Å². The maximum Gasteiger partial charge on any atom is 0.117 e. The Kier molecular flexibility index (Phi) is 4.20. The van der Waals surface area contributed by atoms with Gasteiger partial charge < -0.3 is 4.42 Å². The van der Waals surface area contributed by atoms with Crippen molar-refractivity contribution in [2.24, 2.45) is 10.9 Å². The first-order chi connectivity index (χ1) is 13.2. The molecule has 2 unspecified atom stereocenters. The summed E-state index contributed by atoms with van der Waals surface area (Å²) < 4.78 is 5.89. The van der Waals surface area contributed by atoms with Crippen molar-refractivity contribution in [1.29, 1.82) is 0 Å². The standard InChI is InChI=1S/C24H23NOS/c1-15-13-17-7-5-8-18-23(19(17)14-16(15)2)25-20-9-3-4-11-22(20)27-24(18)21-10-6-12-26-21/h3-4,6,9-14,18,24H,5,7-8H2,1-2H3. The summed E-state index contributed by atoms with van der Waals surface area (Å²) in [6, 6.07) is 17.4. The van der Waals surface area contributed by atoms with Gasteiger partial charge in [-0.3, -0.25) is 4.99 Å². The summed E-state index contributed by atoms with van der Waals surface area (Å²) in [6.07, 6.45) is 5.25. The van der Waals surface area contributed by atoms with Crippen molar-refractivity contribution in [3.8, 4) is 0 Å². The molecule has 2 heterocycles. The SMILES string of the molecule is Cc1cc2c(cc1C)C1=Nc3ccccc3SC(c3ccco3)C1CCC2. The Balaban J connectivity index is 1.75. The summed E-state index contributed by atoms with van der Waals surface area (Å²) in [4.78, 5) is 6.49. The van der Waals surface area contributed by atoms with Crippen LogP contribution < -0.4 is 0 Å². The van der Waals surface area contributed by atoms with Gasteiger partial charge in [-0.25, -0.2) is 0 Å². The number of fused-ring (bicyclic) bond motifs is 4. The number of para-hydroxylation sites is 1.